The lowest BCUT2D eigenvalue weighted by Gasteiger charge is -1.60. The van der Waals surface area contributed by atoms with Crippen molar-refractivity contribution >= 4 is 0 Å². The van der Waals surface area contributed by atoms with Crippen LogP contribution in [0.15, 0.2) is 0 Å². The van der Waals surface area contributed by atoms with Crippen molar-refractivity contribution in [3.05, 3.63) is 13.3 Å². The van der Waals surface area contributed by atoms with Gasteiger partial charge in [0.05, 0.1) is 6.42 Å². The Kier molecular flexibility index (Phi) is 4.74. The molecule has 0 bridgehead atoms. The first-order chi connectivity index (χ1) is 3.91. The zero-order valence-electron chi connectivity index (χ0n) is 4.41. The van der Waals surface area contributed by atoms with Crippen LogP contribution in [-0.4, -0.2) is 0 Å². The summed E-state index contributed by atoms with van der Waals surface area (Å²) in [6.45, 7) is 3.25. The quantitative estimate of drug-likeness (QED) is 0.395. The van der Waals surface area contributed by atoms with Gasteiger partial charge in [-0.1, -0.05) is 17.8 Å². The average molecular weight is 100 g/mol. The van der Waals surface area contributed by atoms with Crippen molar-refractivity contribution in [1.29, 1.82) is 0 Å². The molecular weight excluding hydrogens is 96.1 g/mol. The van der Waals surface area contributed by atoms with Crippen LogP contribution in [0.25, 0.3) is 0 Å². The van der Waals surface area contributed by atoms with E-state index in [1.54, 1.807) is 0 Å². The second-order valence-electron chi connectivity index (χ2n) is 0.957. The molecule has 0 spiro atoms. The molecule has 0 heterocycles. The van der Waals surface area contributed by atoms with Crippen molar-refractivity contribution < 1.29 is 0 Å². The smallest absolute Gasteiger partial charge is 0.0723 e. The highest BCUT2D eigenvalue weighted by molar-refractivity contribution is 5.27. The summed E-state index contributed by atoms with van der Waals surface area (Å²) in [7, 11) is 0. The first-order valence-electron chi connectivity index (χ1n) is 2.06. The van der Waals surface area contributed by atoms with E-state index in [0.717, 1.165) is 0 Å². The molecule has 0 aromatic rings. The molecule has 2 radical (unpaired) electrons. The fraction of sp³-hybridized carbons (Fsp3) is 0.125. The second kappa shape index (κ2) is 5.68. The Labute approximate surface area is 50.3 Å². The summed E-state index contributed by atoms with van der Waals surface area (Å²) in [6.07, 6.45) is 6.78. The highest BCUT2D eigenvalue weighted by Crippen LogP contribution is 1.64. The Morgan fingerprint density at radius 1 is 1.38 bits per heavy atom. The van der Waals surface area contributed by atoms with E-state index in [0.29, 0.717) is 6.42 Å². The van der Waals surface area contributed by atoms with Crippen LogP contribution in [0, 0.1) is 42.9 Å². The number of hydrogen-bond acceptors (Lipinski definition) is 0. The van der Waals surface area contributed by atoms with Gasteiger partial charge in [0, 0.05) is 6.92 Å². The van der Waals surface area contributed by atoms with Crippen molar-refractivity contribution in [2.75, 3.05) is 0 Å². The Hall–Kier alpha value is -1.32. The average Bonchev–Trinajstić information content (AvgIpc) is 1.81. The Balaban J connectivity index is 3.50. The first-order valence-corrected chi connectivity index (χ1v) is 2.06. The molecule has 8 heavy (non-hydrogen) atoms. The summed E-state index contributed by atoms with van der Waals surface area (Å²) in [4.78, 5) is 0. The summed E-state index contributed by atoms with van der Waals surface area (Å²) < 4.78 is 0. The van der Waals surface area contributed by atoms with Crippen LogP contribution in [0.1, 0.15) is 6.42 Å². The maximum Gasteiger partial charge on any atom is 0.0723 e. The highest BCUT2D eigenvalue weighted by atomic mass is 13.6. The van der Waals surface area contributed by atoms with Crippen LogP contribution >= 0.6 is 0 Å². The molecule has 0 atom stereocenters. The molecule has 0 aliphatic rings. The fourth-order valence-electron chi connectivity index (χ4n) is 0.177. The van der Waals surface area contributed by atoms with Crippen LogP contribution in [0.2, 0.25) is 0 Å². The molecule has 0 aromatic carbocycles. The van der Waals surface area contributed by atoms with E-state index in [9.17, 15) is 0 Å². The van der Waals surface area contributed by atoms with Crippen LogP contribution < -0.4 is 0 Å². The third-order valence-corrected chi connectivity index (χ3v) is 0.416. The zero-order chi connectivity index (χ0) is 6.24. The van der Waals surface area contributed by atoms with E-state index < -0.39 is 0 Å². The maximum atomic E-state index is 6.42. The summed E-state index contributed by atoms with van der Waals surface area (Å²) in [5, 5.41) is 0. The van der Waals surface area contributed by atoms with Crippen LogP contribution in [0.3, 0.4) is 0 Å². The van der Waals surface area contributed by atoms with E-state index in [4.69, 9.17) is 6.42 Å². The lowest BCUT2D eigenvalue weighted by Crippen LogP contribution is -1.54. The molecule has 0 heteroatoms. The molecule has 0 N–H and O–H groups in total. The van der Waals surface area contributed by atoms with Gasteiger partial charge in [0.1, 0.15) is 0 Å². The van der Waals surface area contributed by atoms with Crippen LogP contribution in [0.4, 0.5) is 0 Å². The Bertz CT molecular complexity index is 194. The van der Waals surface area contributed by atoms with Crippen molar-refractivity contribution in [3.63, 3.8) is 0 Å². The van der Waals surface area contributed by atoms with Gasteiger partial charge in [-0.25, -0.2) is 0 Å². The third-order valence-electron chi connectivity index (χ3n) is 0.416. The van der Waals surface area contributed by atoms with Gasteiger partial charge >= 0.3 is 0 Å². The molecule has 0 amide bonds. The van der Waals surface area contributed by atoms with E-state index in [1.807, 2.05) is 0 Å². The van der Waals surface area contributed by atoms with Gasteiger partial charge in [-0.05, 0) is 18.3 Å². The fourth-order valence-corrected chi connectivity index (χ4v) is 0.177. The minimum atomic E-state index is 0.356. The predicted octanol–water partition coefficient (Wildman–Crippen LogP) is 0.807. The minimum absolute atomic E-state index is 0.356. The van der Waals surface area contributed by atoms with E-state index >= 15 is 0 Å². The molecule has 0 saturated carbocycles. The van der Waals surface area contributed by atoms with Gasteiger partial charge < -0.3 is 0 Å². The molecule has 0 fully saturated rings. The summed E-state index contributed by atoms with van der Waals surface area (Å²) in [6, 6.07) is 0. The van der Waals surface area contributed by atoms with Gasteiger partial charge in [0.2, 0.25) is 0 Å². The number of hydrogen-bond donors (Lipinski definition) is 0. The van der Waals surface area contributed by atoms with Crippen molar-refractivity contribution in [1.82, 2.24) is 0 Å². The normalized spacial score (nSPS) is 4.50. The summed E-state index contributed by atoms with van der Waals surface area (Å²) in [5.74, 6) is 12.0. The molecule has 0 aromatic heterocycles. The second-order valence-corrected chi connectivity index (χ2v) is 0.957. The standard InChI is InChI=1S/C8H4/c1-3-5-7-8-6-4-2/h1,6H2. The van der Waals surface area contributed by atoms with Crippen molar-refractivity contribution in [3.8, 4) is 29.6 Å². The zero-order valence-corrected chi connectivity index (χ0v) is 4.41. The van der Waals surface area contributed by atoms with Gasteiger partial charge in [-0.15, -0.1) is 0 Å². The molecule has 0 rings (SSSR count). The molecular formula is C8H4. The van der Waals surface area contributed by atoms with Gasteiger partial charge in [-0.3, -0.25) is 0 Å². The van der Waals surface area contributed by atoms with Gasteiger partial charge in [0.15, 0.2) is 0 Å². The summed E-state index contributed by atoms with van der Waals surface area (Å²) in [5.41, 5.74) is 0. The van der Waals surface area contributed by atoms with Gasteiger partial charge in [0.25, 0.3) is 0 Å². The van der Waals surface area contributed by atoms with Crippen molar-refractivity contribution in [2.24, 2.45) is 0 Å². The maximum absolute atomic E-state index is 6.42. The largest absolute Gasteiger partial charge is 0.0881 e. The van der Waals surface area contributed by atoms with Crippen LogP contribution in [0.5, 0.6) is 0 Å². The van der Waals surface area contributed by atoms with Crippen molar-refractivity contribution in [2.45, 2.75) is 6.42 Å². The summed E-state index contributed by atoms with van der Waals surface area (Å²) >= 11 is 0. The third kappa shape index (κ3) is 4.68. The lowest BCUT2D eigenvalue weighted by atomic mass is 10.4. The molecule has 0 unspecified atom stereocenters. The first kappa shape index (κ1) is 6.68. The lowest BCUT2D eigenvalue weighted by molar-refractivity contribution is 1.57. The topological polar surface area (TPSA) is 0 Å². The molecule has 0 aliphatic carbocycles. The molecule has 0 aliphatic heterocycles. The van der Waals surface area contributed by atoms with Crippen LogP contribution in [-0.2, 0) is 0 Å². The SMILES string of the molecule is [C]#CCC#CC#C[CH2]. The Morgan fingerprint density at radius 2 is 2.12 bits per heavy atom. The number of rotatable bonds is 0. The highest BCUT2D eigenvalue weighted by Gasteiger charge is 1.58. The molecule has 36 valence electrons. The minimum Gasteiger partial charge on any atom is -0.0881 e. The van der Waals surface area contributed by atoms with E-state index in [2.05, 4.69) is 36.5 Å². The molecule has 0 nitrogen and oxygen atoms in total. The Morgan fingerprint density at radius 3 is 2.62 bits per heavy atom. The van der Waals surface area contributed by atoms with Gasteiger partial charge in [-0.2, -0.15) is 0 Å². The van der Waals surface area contributed by atoms with E-state index in [1.165, 1.54) is 0 Å². The molecule has 0 saturated heterocycles. The monoisotopic (exact) mass is 100 g/mol. The van der Waals surface area contributed by atoms with E-state index in [-0.39, 0.29) is 0 Å². The predicted molar refractivity (Wildman–Crippen MR) is 32.7 cm³/mol.